The van der Waals surface area contributed by atoms with Gasteiger partial charge in [0.05, 0.1) is 6.20 Å². The summed E-state index contributed by atoms with van der Waals surface area (Å²) in [6.45, 7) is 2.53. The Morgan fingerprint density at radius 3 is 2.65 bits per heavy atom. The Balaban J connectivity index is 1.55. The van der Waals surface area contributed by atoms with Crippen molar-refractivity contribution in [1.29, 1.82) is 0 Å². The third-order valence-electron chi connectivity index (χ3n) is 3.51. The third kappa shape index (κ3) is 3.97. The number of nitrogens with zero attached hydrogens (tertiary/aromatic N) is 1. The number of nitrogens with one attached hydrogen (secondary N) is 3. The van der Waals surface area contributed by atoms with E-state index in [1.807, 2.05) is 55.6 Å². The van der Waals surface area contributed by atoms with Gasteiger partial charge in [0.2, 0.25) is 0 Å². The summed E-state index contributed by atoms with van der Waals surface area (Å²) in [5.74, 6) is 0. The molecule has 0 unspecified atom stereocenters. The lowest BCUT2D eigenvalue weighted by molar-refractivity contribution is 0.251. The molecule has 0 saturated carbocycles. The van der Waals surface area contributed by atoms with Crippen LogP contribution in [0.5, 0.6) is 0 Å². The number of rotatable bonds is 4. The van der Waals surface area contributed by atoms with E-state index >= 15 is 0 Å². The summed E-state index contributed by atoms with van der Waals surface area (Å²) in [5.41, 5.74) is 5.07. The topological polar surface area (TPSA) is 69.8 Å². The Labute approximate surface area is 134 Å². The van der Waals surface area contributed by atoms with E-state index in [1.165, 1.54) is 5.56 Å². The highest BCUT2D eigenvalue weighted by atomic mass is 16.2. The number of benzene rings is 2. The lowest BCUT2D eigenvalue weighted by Crippen LogP contribution is -2.28. The number of carbonyl (C=O) groups is 1. The second kappa shape index (κ2) is 6.79. The van der Waals surface area contributed by atoms with Gasteiger partial charge in [-0.2, -0.15) is 5.10 Å². The molecule has 3 N–H and O–H groups in total. The van der Waals surface area contributed by atoms with Gasteiger partial charge in [-0.1, -0.05) is 42.0 Å². The van der Waals surface area contributed by atoms with Crippen molar-refractivity contribution in [3.05, 3.63) is 72.1 Å². The number of carbonyl (C=O) groups excluding carboxylic acids is 1. The molecular formula is C18H18N4O. The first kappa shape index (κ1) is 14.8. The van der Waals surface area contributed by atoms with Crippen molar-refractivity contribution in [2.24, 2.45) is 0 Å². The smallest absolute Gasteiger partial charge is 0.319 e. The van der Waals surface area contributed by atoms with E-state index < -0.39 is 0 Å². The summed E-state index contributed by atoms with van der Waals surface area (Å²) in [4.78, 5) is 11.9. The average Bonchev–Trinajstić information content (AvgIpc) is 3.08. The van der Waals surface area contributed by atoms with E-state index in [1.54, 1.807) is 6.20 Å². The number of aromatic nitrogens is 2. The van der Waals surface area contributed by atoms with Gasteiger partial charge in [0.15, 0.2) is 0 Å². The number of amides is 2. The normalized spacial score (nSPS) is 10.3. The summed E-state index contributed by atoms with van der Waals surface area (Å²) in [7, 11) is 0. The number of aryl methyl sites for hydroxylation is 1. The summed E-state index contributed by atoms with van der Waals surface area (Å²) in [6, 6.07) is 15.5. The van der Waals surface area contributed by atoms with Crippen LogP contribution in [0.2, 0.25) is 0 Å². The van der Waals surface area contributed by atoms with E-state index in [9.17, 15) is 4.79 Å². The first-order valence-corrected chi connectivity index (χ1v) is 7.40. The van der Waals surface area contributed by atoms with E-state index in [0.717, 1.165) is 22.4 Å². The van der Waals surface area contributed by atoms with E-state index in [2.05, 4.69) is 26.9 Å². The van der Waals surface area contributed by atoms with Crippen molar-refractivity contribution >= 4 is 11.7 Å². The Hall–Kier alpha value is -3.08. The molecule has 3 aromatic rings. The number of anilines is 1. The maximum Gasteiger partial charge on any atom is 0.319 e. The standard InChI is InChI=1S/C18H18N4O/c1-13-3-2-4-14(9-13)10-19-18(23)22-17-7-5-15(6-8-17)16-11-20-21-12-16/h2-9,11-12H,10H2,1H3,(H,20,21)(H2,19,22,23). The number of hydrogen-bond acceptors (Lipinski definition) is 2. The Morgan fingerprint density at radius 1 is 1.13 bits per heavy atom. The highest BCUT2D eigenvalue weighted by Gasteiger charge is 2.03. The van der Waals surface area contributed by atoms with Gasteiger partial charge in [0.1, 0.15) is 0 Å². The van der Waals surface area contributed by atoms with Crippen LogP contribution in [0, 0.1) is 6.92 Å². The zero-order valence-corrected chi connectivity index (χ0v) is 12.8. The lowest BCUT2D eigenvalue weighted by Gasteiger charge is -2.08. The monoisotopic (exact) mass is 306 g/mol. The van der Waals surface area contributed by atoms with Crippen LogP contribution in [0.4, 0.5) is 10.5 Å². The van der Waals surface area contributed by atoms with Gasteiger partial charge in [-0.3, -0.25) is 5.10 Å². The minimum Gasteiger partial charge on any atom is -0.334 e. The Kier molecular flexibility index (Phi) is 4.38. The minimum absolute atomic E-state index is 0.220. The van der Waals surface area contributed by atoms with Crippen LogP contribution in [0.15, 0.2) is 60.9 Å². The molecule has 0 aliphatic heterocycles. The van der Waals surface area contributed by atoms with Crippen molar-refractivity contribution in [2.75, 3.05) is 5.32 Å². The van der Waals surface area contributed by atoms with Crippen molar-refractivity contribution in [1.82, 2.24) is 15.5 Å². The predicted molar refractivity (Wildman–Crippen MR) is 91.1 cm³/mol. The van der Waals surface area contributed by atoms with Gasteiger partial charge in [0, 0.05) is 24.0 Å². The zero-order chi connectivity index (χ0) is 16.1. The molecular weight excluding hydrogens is 288 g/mol. The highest BCUT2D eigenvalue weighted by Crippen LogP contribution is 2.19. The molecule has 23 heavy (non-hydrogen) atoms. The molecule has 0 fully saturated rings. The molecule has 1 aromatic heterocycles. The first-order valence-electron chi connectivity index (χ1n) is 7.40. The molecule has 0 spiro atoms. The number of hydrogen-bond donors (Lipinski definition) is 3. The molecule has 0 saturated heterocycles. The van der Waals surface area contributed by atoms with Crippen LogP contribution in [-0.4, -0.2) is 16.2 Å². The van der Waals surface area contributed by atoms with Crippen molar-refractivity contribution in [3.8, 4) is 11.1 Å². The van der Waals surface area contributed by atoms with E-state index in [0.29, 0.717) is 6.54 Å². The van der Waals surface area contributed by atoms with Crippen LogP contribution in [-0.2, 0) is 6.54 Å². The Bertz CT molecular complexity index is 779. The van der Waals surface area contributed by atoms with Crippen LogP contribution in [0.25, 0.3) is 11.1 Å². The fourth-order valence-electron chi connectivity index (χ4n) is 2.33. The molecule has 5 nitrogen and oxygen atoms in total. The van der Waals surface area contributed by atoms with E-state index in [4.69, 9.17) is 0 Å². The van der Waals surface area contributed by atoms with Crippen LogP contribution in [0.3, 0.4) is 0 Å². The van der Waals surface area contributed by atoms with Crippen LogP contribution in [0.1, 0.15) is 11.1 Å². The highest BCUT2D eigenvalue weighted by molar-refractivity contribution is 5.89. The second-order valence-electron chi connectivity index (χ2n) is 5.36. The molecule has 2 amide bonds. The summed E-state index contributed by atoms with van der Waals surface area (Å²) in [6.07, 6.45) is 3.59. The summed E-state index contributed by atoms with van der Waals surface area (Å²) in [5, 5.41) is 12.4. The second-order valence-corrected chi connectivity index (χ2v) is 5.36. The molecule has 0 radical (unpaired) electrons. The fraction of sp³-hybridized carbons (Fsp3) is 0.111. The zero-order valence-electron chi connectivity index (χ0n) is 12.8. The van der Waals surface area contributed by atoms with Gasteiger partial charge >= 0.3 is 6.03 Å². The lowest BCUT2D eigenvalue weighted by atomic mass is 10.1. The largest absolute Gasteiger partial charge is 0.334 e. The molecule has 116 valence electrons. The van der Waals surface area contributed by atoms with Gasteiger partial charge in [0.25, 0.3) is 0 Å². The summed E-state index contributed by atoms with van der Waals surface area (Å²) < 4.78 is 0. The first-order chi connectivity index (χ1) is 11.2. The molecule has 0 atom stereocenters. The van der Waals surface area contributed by atoms with Gasteiger partial charge in [-0.15, -0.1) is 0 Å². The predicted octanol–water partition coefficient (Wildman–Crippen LogP) is 3.71. The van der Waals surface area contributed by atoms with Gasteiger partial charge in [-0.05, 0) is 30.2 Å². The summed E-state index contributed by atoms with van der Waals surface area (Å²) >= 11 is 0. The maximum atomic E-state index is 11.9. The molecule has 0 bridgehead atoms. The van der Waals surface area contributed by atoms with Crippen molar-refractivity contribution in [3.63, 3.8) is 0 Å². The minimum atomic E-state index is -0.220. The molecule has 1 heterocycles. The number of aromatic amines is 1. The van der Waals surface area contributed by atoms with Crippen molar-refractivity contribution < 1.29 is 4.79 Å². The average molecular weight is 306 g/mol. The van der Waals surface area contributed by atoms with Crippen LogP contribution < -0.4 is 10.6 Å². The van der Waals surface area contributed by atoms with Crippen LogP contribution >= 0.6 is 0 Å². The fourth-order valence-corrected chi connectivity index (χ4v) is 2.33. The van der Waals surface area contributed by atoms with Gasteiger partial charge < -0.3 is 10.6 Å². The number of urea groups is 1. The third-order valence-corrected chi connectivity index (χ3v) is 3.51. The molecule has 0 aliphatic carbocycles. The molecule has 2 aromatic carbocycles. The quantitative estimate of drug-likeness (QED) is 0.687. The maximum absolute atomic E-state index is 11.9. The SMILES string of the molecule is Cc1cccc(CNC(=O)Nc2ccc(-c3cn[nH]c3)cc2)c1. The molecule has 3 rings (SSSR count). The molecule has 5 heteroatoms. The Morgan fingerprint density at radius 2 is 1.96 bits per heavy atom. The van der Waals surface area contributed by atoms with E-state index in [-0.39, 0.29) is 6.03 Å². The molecule has 0 aliphatic rings. The van der Waals surface area contributed by atoms with Crippen molar-refractivity contribution in [2.45, 2.75) is 13.5 Å². The van der Waals surface area contributed by atoms with Gasteiger partial charge in [-0.25, -0.2) is 4.79 Å². The number of H-pyrrole nitrogens is 1.